The van der Waals surface area contributed by atoms with Crippen molar-refractivity contribution in [2.45, 2.75) is 33.4 Å². The molecule has 0 fully saturated rings. The van der Waals surface area contributed by atoms with Crippen LogP contribution in [0.4, 0.5) is 5.69 Å². The maximum atomic E-state index is 13.1. The summed E-state index contributed by atoms with van der Waals surface area (Å²) < 4.78 is 0. The van der Waals surface area contributed by atoms with Gasteiger partial charge >= 0.3 is 11.8 Å². The Morgan fingerprint density at radius 3 is 1.86 bits per heavy atom. The molecule has 0 bridgehead atoms. The summed E-state index contributed by atoms with van der Waals surface area (Å²) in [6.45, 7) is 4.71. The highest BCUT2D eigenvalue weighted by Crippen LogP contribution is 2.21. The van der Waals surface area contributed by atoms with Gasteiger partial charge < -0.3 is 10.2 Å². The van der Waals surface area contributed by atoms with Crippen LogP contribution in [0.3, 0.4) is 0 Å². The van der Waals surface area contributed by atoms with Crippen LogP contribution < -0.4 is 5.32 Å². The van der Waals surface area contributed by atoms with Gasteiger partial charge in [0.2, 0.25) is 0 Å². The van der Waals surface area contributed by atoms with Crippen LogP contribution in [0.1, 0.15) is 29.2 Å². The molecule has 0 aliphatic heterocycles. The first-order chi connectivity index (χ1) is 14.1. The lowest BCUT2D eigenvalue weighted by Crippen LogP contribution is -2.39. The lowest BCUT2D eigenvalue weighted by molar-refractivity contribution is -0.144. The number of carbonyl (C=O) groups is 2. The zero-order valence-electron chi connectivity index (χ0n) is 16.9. The molecule has 3 aromatic rings. The van der Waals surface area contributed by atoms with E-state index in [-0.39, 0.29) is 0 Å². The quantitative estimate of drug-likeness (QED) is 0.623. The number of nitrogens with zero attached hydrogens (tertiary/aromatic N) is 1. The van der Waals surface area contributed by atoms with E-state index < -0.39 is 11.8 Å². The second kappa shape index (κ2) is 9.69. The topological polar surface area (TPSA) is 49.4 Å². The largest absolute Gasteiger partial charge is 0.326 e. The van der Waals surface area contributed by atoms with Crippen LogP contribution in [0.15, 0.2) is 78.9 Å². The monoisotopic (exact) mass is 386 g/mol. The van der Waals surface area contributed by atoms with Crippen molar-refractivity contribution < 1.29 is 9.59 Å². The van der Waals surface area contributed by atoms with Crippen molar-refractivity contribution in [3.8, 4) is 0 Å². The molecule has 0 heterocycles. The van der Waals surface area contributed by atoms with Gasteiger partial charge in [-0.25, -0.2) is 0 Å². The fourth-order valence-electron chi connectivity index (χ4n) is 3.32. The second-order valence-corrected chi connectivity index (χ2v) is 7.05. The second-order valence-electron chi connectivity index (χ2n) is 7.05. The third-order valence-corrected chi connectivity index (χ3v) is 4.89. The maximum Gasteiger partial charge on any atom is 0.313 e. The van der Waals surface area contributed by atoms with E-state index in [1.165, 1.54) is 0 Å². The Bertz CT molecular complexity index is 927. The smallest absolute Gasteiger partial charge is 0.313 e. The first-order valence-corrected chi connectivity index (χ1v) is 9.85. The molecular weight excluding hydrogens is 360 g/mol. The highest BCUT2D eigenvalue weighted by Gasteiger charge is 2.23. The fraction of sp³-hybridized carbons (Fsp3) is 0.200. The number of anilines is 1. The summed E-state index contributed by atoms with van der Waals surface area (Å²) in [4.78, 5) is 27.5. The maximum absolute atomic E-state index is 13.1. The molecule has 4 nitrogen and oxygen atoms in total. The Kier molecular flexibility index (Phi) is 6.80. The molecule has 0 unspecified atom stereocenters. The van der Waals surface area contributed by atoms with Crippen molar-refractivity contribution in [2.24, 2.45) is 0 Å². The van der Waals surface area contributed by atoms with Gasteiger partial charge in [0.1, 0.15) is 0 Å². The van der Waals surface area contributed by atoms with E-state index in [1.54, 1.807) is 4.90 Å². The molecule has 0 atom stereocenters. The average Bonchev–Trinajstić information content (AvgIpc) is 2.75. The third-order valence-electron chi connectivity index (χ3n) is 4.89. The average molecular weight is 386 g/mol. The normalized spacial score (nSPS) is 10.4. The molecular formula is C25H26N2O2. The number of aryl methyl sites for hydroxylation is 2. The fourth-order valence-corrected chi connectivity index (χ4v) is 3.32. The van der Waals surface area contributed by atoms with Crippen LogP contribution in [0.5, 0.6) is 0 Å². The van der Waals surface area contributed by atoms with Crippen LogP contribution in [-0.4, -0.2) is 16.7 Å². The Morgan fingerprint density at radius 2 is 1.34 bits per heavy atom. The van der Waals surface area contributed by atoms with Gasteiger partial charge in [0.05, 0.1) is 0 Å². The molecule has 0 saturated carbocycles. The van der Waals surface area contributed by atoms with E-state index in [1.807, 2.05) is 92.7 Å². The van der Waals surface area contributed by atoms with Gasteiger partial charge in [0.25, 0.3) is 0 Å². The van der Waals surface area contributed by atoms with Gasteiger partial charge in [0, 0.05) is 18.8 Å². The standard InChI is InChI=1S/C25H26N2O2/c1-3-22-16-10-11-19(2)23(22)26-24(28)25(29)27(17-20-12-6-4-7-13-20)18-21-14-8-5-9-15-21/h4-16H,3,17-18H2,1-2H3,(H,26,28). The molecule has 29 heavy (non-hydrogen) atoms. The molecule has 0 aromatic heterocycles. The molecule has 0 saturated heterocycles. The molecule has 3 aromatic carbocycles. The zero-order valence-corrected chi connectivity index (χ0v) is 16.9. The molecule has 0 spiro atoms. The summed E-state index contributed by atoms with van der Waals surface area (Å²) in [5, 5.41) is 2.85. The van der Waals surface area contributed by atoms with Crippen molar-refractivity contribution in [1.29, 1.82) is 0 Å². The summed E-state index contributed by atoms with van der Waals surface area (Å²) in [7, 11) is 0. The van der Waals surface area contributed by atoms with Crippen molar-refractivity contribution in [1.82, 2.24) is 4.90 Å². The summed E-state index contributed by atoms with van der Waals surface area (Å²) in [5.41, 5.74) is 4.66. The molecule has 3 rings (SSSR count). The Labute approximate surface area is 172 Å². The molecule has 0 radical (unpaired) electrons. The van der Waals surface area contributed by atoms with Crippen molar-refractivity contribution in [3.63, 3.8) is 0 Å². The van der Waals surface area contributed by atoms with Gasteiger partial charge in [-0.15, -0.1) is 0 Å². The zero-order chi connectivity index (χ0) is 20.6. The molecule has 1 N–H and O–H groups in total. The molecule has 148 valence electrons. The van der Waals surface area contributed by atoms with E-state index in [9.17, 15) is 9.59 Å². The SMILES string of the molecule is CCc1cccc(C)c1NC(=O)C(=O)N(Cc1ccccc1)Cc1ccccc1. The summed E-state index contributed by atoms with van der Waals surface area (Å²) in [6.07, 6.45) is 0.781. The van der Waals surface area contributed by atoms with E-state index in [4.69, 9.17) is 0 Å². The van der Waals surface area contributed by atoms with E-state index in [0.717, 1.165) is 34.4 Å². The van der Waals surface area contributed by atoms with Gasteiger partial charge in [-0.3, -0.25) is 9.59 Å². The van der Waals surface area contributed by atoms with Crippen molar-refractivity contribution in [2.75, 3.05) is 5.32 Å². The van der Waals surface area contributed by atoms with Gasteiger partial charge in [0.15, 0.2) is 0 Å². The number of nitrogens with one attached hydrogen (secondary N) is 1. The summed E-state index contributed by atoms with van der Waals surface area (Å²) in [6, 6.07) is 25.3. The Hall–Kier alpha value is -3.40. The number of benzene rings is 3. The Balaban J connectivity index is 1.82. The van der Waals surface area contributed by atoms with E-state index in [2.05, 4.69) is 5.32 Å². The number of amides is 2. The van der Waals surface area contributed by atoms with E-state index in [0.29, 0.717) is 13.1 Å². The number of carbonyl (C=O) groups excluding carboxylic acids is 2. The minimum atomic E-state index is -0.610. The highest BCUT2D eigenvalue weighted by atomic mass is 16.2. The first kappa shape index (κ1) is 20.3. The summed E-state index contributed by atoms with van der Waals surface area (Å²) in [5.74, 6) is -1.15. The van der Waals surface area contributed by atoms with Crippen LogP contribution in [0.2, 0.25) is 0 Å². The van der Waals surface area contributed by atoms with Crippen molar-refractivity contribution >= 4 is 17.5 Å². The van der Waals surface area contributed by atoms with Crippen LogP contribution in [0.25, 0.3) is 0 Å². The lowest BCUT2D eigenvalue weighted by atomic mass is 10.1. The van der Waals surface area contributed by atoms with Crippen LogP contribution in [0, 0.1) is 6.92 Å². The number of rotatable bonds is 6. The van der Waals surface area contributed by atoms with Crippen LogP contribution in [-0.2, 0) is 29.1 Å². The Morgan fingerprint density at radius 1 is 0.793 bits per heavy atom. The van der Waals surface area contributed by atoms with Gasteiger partial charge in [-0.1, -0.05) is 85.8 Å². The van der Waals surface area contributed by atoms with Crippen LogP contribution >= 0.6 is 0 Å². The number of para-hydroxylation sites is 1. The van der Waals surface area contributed by atoms with Gasteiger partial charge in [-0.05, 0) is 35.6 Å². The lowest BCUT2D eigenvalue weighted by Gasteiger charge is -2.23. The van der Waals surface area contributed by atoms with Crippen molar-refractivity contribution in [3.05, 3.63) is 101 Å². The molecule has 0 aliphatic rings. The minimum absolute atomic E-state index is 0.371. The minimum Gasteiger partial charge on any atom is -0.326 e. The molecule has 4 heteroatoms. The number of hydrogen-bond donors (Lipinski definition) is 1. The summed E-state index contributed by atoms with van der Waals surface area (Å²) >= 11 is 0. The van der Waals surface area contributed by atoms with Gasteiger partial charge in [-0.2, -0.15) is 0 Å². The predicted molar refractivity (Wildman–Crippen MR) is 116 cm³/mol. The highest BCUT2D eigenvalue weighted by molar-refractivity contribution is 6.39. The predicted octanol–water partition coefficient (Wildman–Crippen LogP) is 4.72. The molecule has 0 aliphatic carbocycles. The van der Waals surface area contributed by atoms with E-state index >= 15 is 0 Å². The first-order valence-electron chi connectivity index (χ1n) is 9.85. The third kappa shape index (κ3) is 5.32. The number of hydrogen-bond acceptors (Lipinski definition) is 2. The molecule has 2 amide bonds.